The summed E-state index contributed by atoms with van der Waals surface area (Å²) in [5.41, 5.74) is 3.76. The zero-order valence-corrected chi connectivity index (χ0v) is 15.3. The molecule has 1 aromatic heterocycles. The van der Waals surface area contributed by atoms with Crippen LogP contribution in [0.3, 0.4) is 0 Å². The van der Waals surface area contributed by atoms with E-state index in [1.165, 1.54) is 0 Å². The van der Waals surface area contributed by atoms with E-state index in [0.29, 0.717) is 11.5 Å². The lowest BCUT2D eigenvalue weighted by Gasteiger charge is -2.07. The third-order valence-electron chi connectivity index (χ3n) is 4.48. The molecule has 0 aliphatic rings. The average Bonchev–Trinajstić information content (AvgIpc) is 3.06. The maximum absolute atomic E-state index is 6.22. The molecule has 3 aromatic carbocycles. The van der Waals surface area contributed by atoms with Crippen LogP contribution in [0.25, 0.3) is 22.9 Å². The molecule has 0 aliphatic carbocycles. The second-order valence-electron chi connectivity index (χ2n) is 6.19. The van der Waals surface area contributed by atoms with Gasteiger partial charge in [0.25, 0.3) is 0 Å². The molecule has 4 rings (SSSR count). The fourth-order valence-corrected chi connectivity index (χ4v) is 3.15. The van der Waals surface area contributed by atoms with Crippen LogP contribution in [0.5, 0.6) is 11.5 Å². The Morgan fingerprint density at radius 1 is 0.630 bits per heavy atom. The Labute approximate surface area is 157 Å². The fraction of sp³-hybridized carbons (Fsp3) is 0.0833. The second-order valence-corrected chi connectivity index (χ2v) is 6.19. The SMILES string of the molecule is COc1ccc(/C=c2/o/c(=C/c3ccccc3)c3ccccc23)cc1OC. The second kappa shape index (κ2) is 7.42. The summed E-state index contributed by atoms with van der Waals surface area (Å²) in [6.45, 7) is 0. The molecule has 0 fully saturated rings. The van der Waals surface area contributed by atoms with Gasteiger partial charge in [-0.05, 0) is 35.4 Å². The zero-order valence-electron chi connectivity index (χ0n) is 15.3. The monoisotopic (exact) mass is 356 g/mol. The van der Waals surface area contributed by atoms with Crippen LogP contribution in [-0.4, -0.2) is 14.2 Å². The van der Waals surface area contributed by atoms with E-state index in [-0.39, 0.29) is 0 Å². The fourth-order valence-electron chi connectivity index (χ4n) is 3.15. The van der Waals surface area contributed by atoms with Crippen molar-refractivity contribution in [1.29, 1.82) is 0 Å². The number of fused-ring (bicyclic) bond motifs is 1. The molecule has 3 nitrogen and oxygen atoms in total. The minimum Gasteiger partial charge on any atom is -0.493 e. The van der Waals surface area contributed by atoms with Crippen molar-refractivity contribution < 1.29 is 13.9 Å². The molecular weight excluding hydrogens is 336 g/mol. The molecular formula is C24H20O3. The molecule has 27 heavy (non-hydrogen) atoms. The summed E-state index contributed by atoms with van der Waals surface area (Å²) in [4.78, 5) is 0. The van der Waals surface area contributed by atoms with Gasteiger partial charge in [-0.25, -0.2) is 0 Å². The van der Waals surface area contributed by atoms with E-state index in [1.807, 2.05) is 54.6 Å². The Bertz CT molecular complexity index is 1190. The number of furan rings is 1. The first kappa shape index (κ1) is 17.0. The van der Waals surface area contributed by atoms with Crippen LogP contribution in [-0.2, 0) is 0 Å². The van der Waals surface area contributed by atoms with Crippen molar-refractivity contribution in [3.63, 3.8) is 0 Å². The zero-order chi connectivity index (χ0) is 18.6. The Morgan fingerprint density at radius 2 is 1.22 bits per heavy atom. The van der Waals surface area contributed by atoms with E-state index in [2.05, 4.69) is 30.3 Å². The summed E-state index contributed by atoms with van der Waals surface area (Å²) >= 11 is 0. The van der Waals surface area contributed by atoms with Gasteiger partial charge in [-0.1, -0.05) is 60.7 Å². The van der Waals surface area contributed by atoms with Crippen LogP contribution in [0, 0.1) is 0 Å². The third kappa shape index (κ3) is 3.44. The van der Waals surface area contributed by atoms with Gasteiger partial charge in [-0.2, -0.15) is 0 Å². The van der Waals surface area contributed by atoms with Gasteiger partial charge in [0, 0.05) is 10.8 Å². The van der Waals surface area contributed by atoms with Crippen LogP contribution in [0.2, 0.25) is 0 Å². The van der Waals surface area contributed by atoms with Crippen LogP contribution < -0.4 is 20.3 Å². The molecule has 4 aromatic rings. The normalized spacial score (nSPS) is 12.5. The molecule has 0 spiro atoms. The van der Waals surface area contributed by atoms with Crippen LogP contribution in [0.1, 0.15) is 11.1 Å². The van der Waals surface area contributed by atoms with Gasteiger partial charge in [0.15, 0.2) is 11.5 Å². The van der Waals surface area contributed by atoms with E-state index in [4.69, 9.17) is 13.9 Å². The Morgan fingerprint density at radius 3 is 1.85 bits per heavy atom. The highest BCUT2D eigenvalue weighted by Crippen LogP contribution is 2.27. The number of hydrogen-bond donors (Lipinski definition) is 0. The maximum Gasteiger partial charge on any atom is 0.161 e. The molecule has 3 heteroatoms. The Balaban J connectivity index is 1.91. The van der Waals surface area contributed by atoms with Gasteiger partial charge in [-0.3, -0.25) is 0 Å². The molecule has 0 unspecified atom stereocenters. The van der Waals surface area contributed by atoms with Gasteiger partial charge >= 0.3 is 0 Å². The minimum absolute atomic E-state index is 0.693. The molecule has 0 saturated carbocycles. The van der Waals surface area contributed by atoms with E-state index < -0.39 is 0 Å². The third-order valence-corrected chi connectivity index (χ3v) is 4.48. The number of benzene rings is 3. The highest BCUT2D eigenvalue weighted by atomic mass is 16.5. The van der Waals surface area contributed by atoms with Crippen molar-refractivity contribution in [2.75, 3.05) is 14.2 Å². The number of rotatable bonds is 4. The molecule has 1 heterocycles. The van der Waals surface area contributed by atoms with Crippen LogP contribution in [0.4, 0.5) is 0 Å². The molecule has 134 valence electrons. The quantitative estimate of drug-likeness (QED) is 0.552. The number of methoxy groups -OCH3 is 2. The molecule has 0 atom stereocenters. The topological polar surface area (TPSA) is 31.6 Å². The minimum atomic E-state index is 0.693. The summed E-state index contributed by atoms with van der Waals surface area (Å²) in [5.74, 6) is 1.40. The predicted octanol–water partition coefficient (Wildman–Crippen LogP) is 4.11. The lowest BCUT2D eigenvalue weighted by Crippen LogP contribution is -2.01. The van der Waals surface area contributed by atoms with Gasteiger partial charge in [0.05, 0.1) is 14.2 Å². The number of hydrogen-bond acceptors (Lipinski definition) is 3. The van der Waals surface area contributed by atoms with E-state index in [1.54, 1.807) is 14.2 Å². The van der Waals surface area contributed by atoms with Crippen molar-refractivity contribution in [2.45, 2.75) is 0 Å². The summed E-state index contributed by atoms with van der Waals surface area (Å²) in [6.07, 6.45) is 4.08. The summed E-state index contributed by atoms with van der Waals surface area (Å²) < 4.78 is 16.9. The van der Waals surface area contributed by atoms with Gasteiger partial charge < -0.3 is 13.9 Å². The van der Waals surface area contributed by atoms with Gasteiger partial charge in [-0.15, -0.1) is 0 Å². The molecule has 0 N–H and O–H groups in total. The molecule has 0 saturated heterocycles. The largest absolute Gasteiger partial charge is 0.493 e. The van der Waals surface area contributed by atoms with E-state index in [0.717, 1.165) is 32.7 Å². The van der Waals surface area contributed by atoms with E-state index in [9.17, 15) is 0 Å². The van der Waals surface area contributed by atoms with Crippen molar-refractivity contribution in [2.24, 2.45) is 0 Å². The van der Waals surface area contributed by atoms with Gasteiger partial charge in [0.1, 0.15) is 10.8 Å². The lowest BCUT2D eigenvalue weighted by atomic mass is 10.1. The van der Waals surface area contributed by atoms with Crippen LogP contribution >= 0.6 is 0 Å². The number of ether oxygens (including phenoxy) is 2. The average molecular weight is 356 g/mol. The van der Waals surface area contributed by atoms with Crippen molar-refractivity contribution >= 4 is 22.9 Å². The smallest absolute Gasteiger partial charge is 0.161 e. The van der Waals surface area contributed by atoms with Crippen molar-refractivity contribution in [3.8, 4) is 11.5 Å². The first-order valence-corrected chi connectivity index (χ1v) is 8.76. The van der Waals surface area contributed by atoms with E-state index >= 15 is 0 Å². The highest BCUT2D eigenvalue weighted by Gasteiger charge is 2.06. The van der Waals surface area contributed by atoms with Gasteiger partial charge in [0.2, 0.25) is 0 Å². The highest BCUT2D eigenvalue weighted by molar-refractivity contribution is 5.84. The Kier molecular flexibility index (Phi) is 4.67. The first-order valence-electron chi connectivity index (χ1n) is 8.76. The first-order chi connectivity index (χ1) is 13.3. The molecule has 0 aliphatic heterocycles. The summed E-state index contributed by atoms with van der Waals surface area (Å²) in [5, 5.41) is 2.17. The van der Waals surface area contributed by atoms with Crippen molar-refractivity contribution in [1.82, 2.24) is 0 Å². The Hall–Kier alpha value is -3.46. The molecule has 0 bridgehead atoms. The van der Waals surface area contributed by atoms with Crippen molar-refractivity contribution in [3.05, 3.63) is 94.8 Å². The summed E-state index contributed by atoms with van der Waals surface area (Å²) in [6, 6.07) is 24.2. The predicted molar refractivity (Wildman–Crippen MR) is 109 cm³/mol. The molecule has 0 radical (unpaired) electrons. The molecule has 0 amide bonds. The standard InChI is InChI=1S/C24H20O3/c1-25-21-13-12-18(16-24(21)26-2)15-23-20-11-7-6-10-19(20)22(27-23)14-17-8-4-3-5-9-17/h3-16H,1-2H3/b22-14+,23-15+. The lowest BCUT2D eigenvalue weighted by molar-refractivity contribution is 0.355. The van der Waals surface area contributed by atoms with Crippen LogP contribution in [0.15, 0.2) is 77.2 Å². The summed E-state index contributed by atoms with van der Waals surface area (Å²) in [7, 11) is 3.27. The maximum atomic E-state index is 6.22.